The number of carboxylic acids is 1. The van der Waals surface area contributed by atoms with Crippen LogP contribution in [0.3, 0.4) is 0 Å². The van der Waals surface area contributed by atoms with Crippen LogP contribution >= 0.6 is 11.6 Å². The highest BCUT2D eigenvalue weighted by Crippen LogP contribution is 2.25. The number of hydrogen-bond acceptors (Lipinski definition) is 2. The molecule has 5 nitrogen and oxygen atoms in total. The Bertz CT molecular complexity index is 1080. The van der Waals surface area contributed by atoms with E-state index < -0.39 is 5.97 Å². The van der Waals surface area contributed by atoms with Crippen LogP contribution in [-0.4, -0.2) is 20.2 Å². The van der Waals surface area contributed by atoms with Crippen molar-refractivity contribution in [2.45, 2.75) is 52.6 Å². The zero-order valence-electron chi connectivity index (χ0n) is 17.4. The van der Waals surface area contributed by atoms with E-state index in [1.54, 1.807) is 27.3 Å². The van der Waals surface area contributed by atoms with E-state index in [-0.39, 0.29) is 11.3 Å². The molecular weight excluding hydrogens is 400 g/mol. The first kappa shape index (κ1) is 21.9. The Morgan fingerprint density at radius 2 is 1.70 bits per heavy atom. The SMILES string of the molecule is CCCCn1c(Cl)c(CCC)n(Cc2ccc(-c3ccccc3C(=O)O)cc2)c1=O. The van der Waals surface area contributed by atoms with E-state index in [0.29, 0.717) is 23.8 Å². The van der Waals surface area contributed by atoms with Crippen LogP contribution in [0.15, 0.2) is 53.3 Å². The Hall–Kier alpha value is -2.79. The zero-order valence-corrected chi connectivity index (χ0v) is 18.2. The number of aromatic nitrogens is 2. The molecule has 3 rings (SSSR count). The number of aromatic carboxylic acids is 1. The summed E-state index contributed by atoms with van der Waals surface area (Å²) in [6.45, 7) is 5.23. The van der Waals surface area contributed by atoms with Gasteiger partial charge in [0.05, 0.1) is 17.8 Å². The normalized spacial score (nSPS) is 11.0. The minimum atomic E-state index is -0.950. The van der Waals surface area contributed by atoms with E-state index in [0.717, 1.165) is 42.5 Å². The van der Waals surface area contributed by atoms with Crippen molar-refractivity contribution in [1.82, 2.24) is 9.13 Å². The molecule has 0 radical (unpaired) electrons. The highest BCUT2D eigenvalue weighted by Gasteiger charge is 2.18. The Balaban J connectivity index is 1.92. The molecule has 1 heterocycles. The number of rotatable bonds is 9. The number of halogens is 1. The van der Waals surface area contributed by atoms with Gasteiger partial charge in [-0.3, -0.25) is 9.13 Å². The first-order valence-electron chi connectivity index (χ1n) is 10.4. The Morgan fingerprint density at radius 3 is 2.33 bits per heavy atom. The average Bonchev–Trinajstić information content (AvgIpc) is 2.97. The minimum Gasteiger partial charge on any atom is -0.478 e. The maximum atomic E-state index is 13.0. The lowest BCUT2D eigenvalue weighted by Gasteiger charge is -2.09. The second-order valence-corrected chi connectivity index (χ2v) is 7.77. The van der Waals surface area contributed by atoms with Gasteiger partial charge in [0, 0.05) is 6.54 Å². The fourth-order valence-corrected chi connectivity index (χ4v) is 4.01. The highest BCUT2D eigenvalue weighted by atomic mass is 35.5. The van der Waals surface area contributed by atoms with Crippen molar-refractivity contribution in [3.05, 3.63) is 81.0 Å². The van der Waals surface area contributed by atoms with Gasteiger partial charge in [0.2, 0.25) is 0 Å². The zero-order chi connectivity index (χ0) is 21.7. The van der Waals surface area contributed by atoms with Crippen molar-refractivity contribution >= 4 is 17.6 Å². The largest absolute Gasteiger partial charge is 0.478 e. The smallest absolute Gasteiger partial charge is 0.336 e. The topological polar surface area (TPSA) is 64.2 Å². The van der Waals surface area contributed by atoms with Gasteiger partial charge in [-0.1, -0.05) is 80.8 Å². The molecule has 3 aromatic rings. The number of benzene rings is 2. The summed E-state index contributed by atoms with van der Waals surface area (Å²) >= 11 is 6.55. The predicted octanol–water partition coefficient (Wildman–Crippen LogP) is 5.47. The molecule has 0 fully saturated rings. The lowest BCUT2D eigenvalue weighted by Crippen LogP contribution is -2.25. The van der Waals surface area contributed by atoms with E-state index >= 15 is 0 Å². The lowest BCUT2D eigenvalue weighted by atomic mass is 9.99. The standard InChI is InChI=1S/C24H27ClN2O3/c1-3-5-15-26-22(25)21(8-4-2)27(24(26)30)16-17-11-13-18(14-12-17)19-9-6-7-10-20(19)23(28)29/h6-7,9-14H,3-5,8,15-16H2,1-2H3,(H,28,29). The van der Waals surface area contributed by atoms with Crippen LogP contribution in [0.5, 0.6) is 0 Å². The molecular formula is C24H27ClN2O3. The molecule has 1 N–H and O–H groups in total. The van der Waals surface area contributed by atoms with Crippen LogP contribution in [0.4, 0.5) is 0 Å². The monoisotopic (exact) mass is 426 g/mol. The summed E-state index contributed by atoms with van der Waals surface area (Å²) < 4.78 is 3.44. The van der Waals surface area contributed by atoms with E-state index in [4.69, 9.17) is 11.6 Å². The quantitative estimate of drug-likeness (QED) is 0.493. The number of unbranched alkanes of at least 4 members (excludes halogenated alkanes) is 1. The molecule has 0 aliphatic carbocycles. The summed E-state index contributed by atoms with van der Waals surface area (Å²) in [7, 11) is 0. The van der Waals surface area contributed by atoms with Crippen LogP contribution in [-0.2, 0) is 19.5 Å². The fourth-order valence-electron chi connectivity index (χ4n) is 3.65. The Kier molecular flexibility index (Phi) is 7.16. The molecule has 2 aromatic carbocycles. The average molecular weight is 427 g/mol. The summed E-state index contributed by atoms with van der Waals surface area (Å²) in [6, 6.07) is 14.6. The van der Waals surface area contributed by atoms with E-state index in [9.17, 15) is 14.7 Å². The third kappa shape index (κ3) is 4.51. The highest BCUT2D eigenvalue weighted by molar-refractivity contribution is 6.30. The molecule has 6 heteroatoms. The number of carboxylic acid groups (broad SMARTS) is 1. The first-order chi connectivity index (χ1) is 14.5. The Morgan fingerprint density at radius 1 is 1.00 bits per heavy atom. The van der Waals surface area contributed by atoms with Gasteiger partial charge in [-0.2, -0.15) is 0 Å². The predicted molar refractivity (Wildman–Crippen MR) is 121 cm³/mol. The summed E-state index contributed by atoms with van der Waals surface area (Å²) in [5.74, 6) is -0.950. The van der Waals surface area contributed by atoms with Crippen molar-refractivity contribution in [2.24, 2.45) is 0 Å². The second-order valence-electron chi connectivity index (χ2n) is 7.41. The maximum absolute atomic E-state index is 13.0. The van der Waals surface area contributed by atoms with Crippen LogP contribution in [0.25, 0.3) is 11.1 Å². The van der Waals surface area contributed by atoms with Crippen molar-refractivity contribution in [1.29, 1.82) is 0 Å². The maximum Gasteiger partial charge on any atom is 0.336 e. The molecule has 1 aromatic heterocycles. The summed E-state index contributed by atoms with van der Waals surface area (Å²) in [4.78, 5) is 24.5. The van der Waals surface area contributed by atoms with E-state index in [1.807, 2.05) is 30.3 Å². The van der Waals surface area contributed by atoms with Crippen LogP contribution in [0.2, 0.25) is 5.15 Å². The molecule has 0 saturated heterocycles. The third-order valence-corrected chi connectivity index (χ3v) is 5.67. The van der Waals surface area contributed by atoms with Gasteiger partial charge >= 0.3 is 11.7 Å². The van der Waals surface area contributed by atoms with Crippen molar-refractivity contribution < 1.29 is 9.90 Å². The van der Waals surface area contributed by atoms with Gasteiger partial charge in [-0.25, -0.2) is 9.59 Å². The number of nitrogens with zero attached hydrogens (tertiary/aromatic N) is 2. The number of hydrogen-bond donors (Lipinski definition) is 1. The molecule has 0 aliphatic heterocycles. The first-order valence-corrected chi connectivity index (χ1v) is 10.7. The van der Waals surface area contributed by atoms with Gasteiger partial charge in [-0.15, -0.1) is 0 Å². The van der Waals surface area contributed by atoms with E-state index in [1.165, 1.54) is 0 Å². The minimum absolute atomic E-state index is 0.0720. The fraction of sp³-hybridized carbons (Fsp3) is 0.333. The lowest BCUT2D eigenvalue weighted by molar-refractivity contribution is 0.0697. The van der Waals surface area contributed by atoms with Crippen molar-refractivity contribution in [2.75, 3.05) is 0 Å². The van der Waals surface area contributed by atoms with Gasteiger partial charge < -0.3 is 5.11 Å². The molecule has 0 amide bonds. The number of carbonyl (C=O) groups is 1. The molecule has 0 saturated carbocycles. The molecule has 0 aliphatic rings. The van der Waals surface area contributed by atoms with Crippen molar-refractivity contribution in [3.63, 3.8) is 0 Å². The van der Waals surface area contributed by atoms with Gasteiger partial charge in [0.15, 0.2) is 0 Å². The molecule has 0 spiro atoms. The van der Waals surface area contributed by atoms with Crippen LogP contribution < -0.4 is 5.69 Å². The van der Waals surface area contributed by atoms with Crippen LogP contribution in [0.1, 0.15) is 54.7 Å². The van der Waals surface area contributed by atoms with E-state index in [2.05, 4.69) is 13.8 Å². The summed E-state index contributed by atoms with van der Waals surface area (Å²) in [5.41, 5.74) is 3.55. The number of imidazole rings is 1. The molecule has 0 atom stereocenters. The van der Waals surface area contributed by atoms with Crippen molar-refractivity contribution in [3.8, 4) is 11.1 Å². The molecule has 0 unspecified atom stereocenters. The molecule has 30 heavy (non-hydrogen) atoms. The van der Waals surface area contributed by atoms with Crippen LogP contribution in [0, 0.1) is 0 Å². The third-order valence-electron chi connectivity index (χ3n) is 5.25. The van der Waals surface area contributed by atoms with Gasteiger partial charge in [0.25, 0.3) is 0 Å². The Labute approximate surface area is 181 Å². The van der Waals surface area contributed by atoms with Gasteiger partial charge in [0.1, 0.15) is 5.15 Å². The summed E-state index contributed by atoms with van der Waals surface area (Å²) in [5, 5.41) is 9.97. The van der Waals surface area contributed by atoms with Gasteiger partial charge in [-0.05, 0) is 35.6 Å². The second kappa shape index (κ2) is 9.81. The molecule has 0 bridgehead atoms. The summed E-state index contributed by atoms with van der Waals surface area (Å²) in [6.07, 6.45) is 3.56. The molecule has 158 valence electrons.